The van der Waals surface area contributed by atoms with Gasteiger partial charge >= 0.3 is 0 Å². The highest BCUT2D eigenvalue weighted by molar-refractivity contribution is 5.28. The molecule has 3 saturated carbocycles. The molecule has 4 heteroatoms. The van der Waals surface area contributed by atoms with Crippen molar-refractivity contribution in [2.75, 3.05) is 0 Å². The zero-order valence-electron chi connectivity index (χ0n) is 23.0. The summed E-state index contributed by atoms with van der Waals surface area (Å²) in [6, 6.07) is 34.4. The number of rotatable bonds is 3. The fraction of sp³-hybridized carbons (Fsp3) is 0.500. The molecule has 0 N–H and O–H groups in total. The molecule has 9 rings (SSSR count). The van der Waals surface area contributed by atoms with Gasteiger partial charge in [-0.25, -0.2) is 0 Å². The topological polar surface area (TPSA) is 30.9 Å². The van der Waals surface area contributed by atoms with Gasteiger partial charge in [-0.3, -0.25) is 4.90 Å². The molecular weight excluding hydrogens is 494 g/mol. The molecule has 3 aliphatic heterocycles. The Labute approximate surface area is 237 Å². The lowest BCUT2D eigenvalue weighted by molar-refractivity contribution is -0.336. The molecule has 3 aromatic rings. The predicted molar refractivity (Wildman–Crippen MR) is 154 cm³/mol. The van der Waals surface area contributed by atoms with Gasteiger partial charge < -0.3 is 14.2 Å². The zero-order valence-corrected chi connectivity index (χ0v) is 23.0. The van der Waals surface area contributed by atoms with Crippen molar-refractivity contribution in [1.82, 2.24) is 4.90 Å². The number of ether oxygens (including phenoxy) is 3. The fourth-order valence-corrected chi connectivity index (χ4v) is 9.76. The van der Waals surface area contributed by atoms with Crippen molar-refractivity contribution in [3.05, 3.63) is 108 Å². The van der Waals surface area contributed by atoms with Crippen LogP contribution in [0, 0.1) is 0 Å². The molecule has 3 saturated heterocycles. The molecule has 6 aliphatic rings. The van der Waals surface area contributed by atoms with Crippen molar-refractivity contribution >= 4 is 0 Å². The Bertz CT molecular complexity index is 1130. The first-order valence-corrected chi connectivity index (χ1v) is 15.7. The molecular formula is C36H39NO3. The number of morpholine rings is 3. The molecule has 40 heavy (non-hydrogen) atoms. The van der Waals surface area contributed by atoms with Crippen LogP contribution in [-0.2, 0) is 14.2 Å². The third-order valence-electron chi connectivity index (χ3n) is 11.3. The van der Waals surface area contributed by atoms with E-state index in [1.54, 1.807) is 0 Å². The lowest BCUT2D eigenvalue weighted by Crippen LogP contribution is -2.81. The van der Waals surface area contributed by atoms with Crippen LogP contribution in [-0.4, -0.2) is 59.6 Å². The molecule has 6 unspecified atom stereocenters. The Hall–Kier alpha value is -2.50. The molecule has 3 heterocycles. The summed E-state index contributed by atoms with van der Waals surface area (Å²) in [5.41, 5.74) is 4.31. The second-order valence-electron chi connectivity index (χ2n) is 13.3. The largest absolute Gasteiger partial charge is 0.371 e. The summed E-state index contributed by atoms with van der Waals surface area (Å²) in [4.78, 5) is 2.96. The van der Waals surface area contributed by atoms with Gasteiger partial charge in [0.1, 0.15) is 0 Å². The van der Waals surface area contributed by atoms with Gasteiger partial charge in [0.2, 0.25) is 0 Å². The minimum Gasteiger partial charge on any atom is -0.371 e. The summed E-state index contributed by atoms with van der Waals surface area (Å²) in [5, 5.41) is 0. The average molecular weight is 534 g/mol. The second-order valence-corrected chi connectivity index (χ2v) is 13.3. The third kappa shape index (κ3) is 3.80. The molecule has 206 valence electrons. The standard InChI is InChI=1S/C36H39NO3/c1-4-10-22(11-5-1)25-16-28-34-29(17-25)39-31-19-27(24-14-8-3-9-15-24)21-33-36(31)37(34)35-30(38-28)18-26(20-32(35)40-33)23-12-6-2-7-13-23/h1-15,25-36H,16-21H2. The summed E-state index contributed by atoms with van der Waals surface area (Å²) in [6.07, 6.45) is 7.82. The number of hydrogen-bond acceptors (Lipinski definition) is 4. The van der Waals surface area contributed by atoms with Crippen LogP contribution in [0.1, 0.15) is 73.0 Å². The quantitative estimate of drug-likeness (QED) is 0.388. The summed E-state index contributed by atoms with van der Waals surface area (Å²) in [6.45, 7) is 0. The van der Waals surface area contributed by atoms with Gasteiger partial charge in [0.25, 0.3) is 0 Å². The maximum atomic E-state index is 7.20. The SMILES string of the molecule is c1ccc(C2CC3OC4CC(c5ccccc5)CC5OC6CC(c7ccccc7)CC7OC(C2)C3N(C45)C76)cc1. The highest BCUT2D eigenvalue weighted by Gasteiger charge is 2.65. The lowest BCUT2D eigenvalue weighted by atomic mass is 9.66. The van der Waals surface area contributed by atoms with Crippen LogP contribution in [0.4, 0.5) is 0 Å². The van der Waals surface area contributed by atoms with Crippen molar-refractivity contribution in [1.29, 1.82) is 0 Å². The summed E-state index contributed by atoms with van der Waals surface area (Å²) >= 11 is 0. The highest BCUT2D eigenvalue weighted by Crippen LogP contribution is 2.55. The van der Waals surface area contributed by atoms with Gasteiger partial charge in [-0.05, 0) is 73.0 Å². The zero-order chi connectivity index (χ0) is 26.2. The van der Waals surface area contributed by atoms with Crippen LogP contribution < -0.4 is 0 Å². The minimum absolute atomic E-state index is 0.215. The molecule has 3 aromatic carbocycles. The van der Waals surface area contributed by atoms with E-state index < -0.39 is 0 Å². The Morgan fingerprint density at radius 3 is 0.875 bits per heavy atom. The molecule has 4 nitrogen and oxygen atoms in total. The van der Waals surface area contributed by atoms with E-state index in [1.807, 2.05) is 0 Å². The van der Waals surface area contributed by atoms with Gasteiger partial charge in [-0.15, -0.1) is 0 Å². The van der Waals surface area contributed by atoms with E-state index in [9.17, 15) is 0 Å². The predicted octanol–water partition coefficient (Wildman–Crippen LogP) is 6.43. The van der Waals surface area contributed by atoms with Crippen molar-refractivity contribution in [3.63, 3.8) is 0 Å². The summed E-state index contributed by atoms with van der Waals surface area (Å²) in [5.74, 6) is 1.45. The molecule has 0 radical (unpaired) electrons. The maximum absolute atomic E-state index is 7.20. The fourth-order valence-electron chi connectivity index (χ4n) is 9.76. The van der Waals surface area contributed by atoms with E-state index in [0.717, 1.165) is 38.5 Å². The summed E-state index contributed by atoms with van der Waals surface area (Å²) < 4.78 is 21.6. The van der Waals surface area contributed by atoms with Gasteiger partial charge in [-0.2, -0.15) is 0 Å². The Kier molecular flexibility index (Phi) is 5.75. The molecule has 0 spiro atoms. The number of hydrogen-bond donors (Lipinski definition) is 0. The summed E-state index contributed by atoms with van der Waals surface area (Å²) in [7, 11) is 0. The maximum Gasteiger partial charge on any atom is 0.0766 e. The van der Waals surface area contributed by atoms with E-state index in [4.69, 9.17) is 14.2 Å². The minimum atomic E-state index is 0.215. The molecule has 3 aliphatic carbocycles. The van der Waals surface area contributed by atoms with E-state index in [1.165, 1.54) is 16.7 Å². The van der Waals surface area contributed by atoms with Gasteiger partial charge in [0.05, 0.1) is 54.7 Å². The number of nitrogens with zero attached hydrogens (tertiary/aromatic N) is 1. The normalized spacial score (nSPS) is 43.5. The van der Waals surface area contributed by atoms with Crippen LogP contribution in [0.25, 0.3) is 0 Å². The van der Waals surface area contributed by atoms with Crippen molar-refractivity contribution < 1.29 is 14.2 Å². The van der Waals surface area contributed by atoms with E-state index in [-0.39, 0.29) is 36.6 Å². The van der Waals surface area contributed by atoms with Crippen LogP contribution in [0.5, 0.6) is 0 Å². The first-order valence-electron chi connectivity index (χ1n) is 15.7. The van der Waals surface area contributed by atoms with Crippen LogP contribution >= 0.6 is 0 Å². The molecule has 6 fully saturated rings. The highest BCUT2D eigenvalue weighted by atomic mass is 16.5. The van der Waals surface area contributed by atoms with E-state index in [2.05, 4.69) is 95.9 Å². The van der Waals surface area contributed by atoms with E-state index in [0.29, 0.717) is 35.9 Å². The molecule has 0 amide bonds. The van der Waals surface area contributed by atoms with Crippen molar-refractivity contribution in [2.24, 2.45) is 0 Å². The van der Waals surface area contributed by atoms with Crippen molar-refractivity contribution in [3.8, 4) is 0 Å². The molecule has 0 aromatic heterocycles. The van der Waals surface area contributed by atoms with Gasteiger partial charge in [0.15, 0.2) is 0 Å². The van der Waals surface area contributed by atoms with Crippen molar-refractivity contribution in [2.45, 2.75) is 111 Å². The lowest BCUT2D eigenvalue weighted by Gasteiger charge is -2.68. The first-order chi connectivity index (χ1) is 19.8. The smallest absolute Gasteiger partial charge is 0.0766 e. The van der Waals surface area contributed by atoms with Gasteiger partial charge in [-0.1, -0.05) is 91.0 Å². The Balaban J connectivity index is 1.11. The van der Waals surface area contributed by atoms with E-state index >= 15 is 0 Å². The van der Waals surface area contributed by atoms with Gasteiger partial charge in [0, 0.05) is 0 Å². The second kappa shape index (κ2) is 9.52. The van der Waals surface area contributed by atoms with Crippen LogP contribution in [0.3, 0.4) is 0 Å². The molecule has 6 atom stereocenters. The monoisotopic (exact) mass is 533 g/mol. The first kappa shape index (κ1) is 24.1. The van der Waals surface area contributed by atoms with Crippen LogP contribution in [0.2, 0.25) is 0 Å². The Morgan fingerprint density at radius 1 is 0.375 bits per heavy atom. The average Bonchev–Trinajstić information content (AvgIpc) is 3.01. The molecule has 0 bridgehead atoms. The third-order valence-corrected chi connectivity index (χ3v) is 11.3. The Morgan fingerprint density at radius 2 is 0.625 bits per heavy atom. The van der Waals surface area contributed by atoms with Crippen LogP contribution in [0.15, 0.2) is 91.0 Å². The number of benzene rings is 3.